The minimum Gasteiger partial charge on any atom is -0.309 e. The number of aromatic nitrogens is 3. The predicted octanol–water partition coefficient (Wildman–Crippen LogP) is 17.1. The van der Waals surface area contributed by atoms with E-state index in [1.807, 2.05) is 36.7 Å². The molecule has 0 aliphatic heterocycles. The van der Waals surface area contributed by atoms with E-state index in [4.69, 9.17) is 4.98 Å². The number of nitriles is 1. The third-order valence-electron chi connectivity index (χ3n) is 13.9. The van der Waals surface area contributed by atoms with Crippen molar-refractivity contribution in [1.29, 1.82) is 5.26 Å². The topological polar surface area (TPSA) is 46.5 Å². The van der Waals surface area contributed by atoms with Gasteiger partial charge in [0.1, 0.15) is 0 Å². The van der Waals surface area contributed by atoms with Gasteiger partial charge in [-0.25, -0.2) is 0 Å². The van der Waals surface area contributed by atoms with Gasteiger partial charge in [-0.3, -0.25) is 4.98 Å². The second kappa shape index (κ2) is 16.9. The van der Waals surface area contributed by atoms with E-state index in [0.717, 1.165) is 88.7 Å². The normalized spacial score (nSPS) is 11.4. The maximum absolute atomic E-state index is 10.4. The molecule has 0 unspecified atom stereocenters. The molecular weight excluding hydrogens is 849 g/mol. The minimum atomic E-state index is 0.626. The molecule has 0 aliphatic rings. The van der Waals surface area contributed by atoms with E-state index in [-0.39, 0.29) is 0 Å². The summed E-state index contributed by atoms with van der Waals surface area (Å²) in [6, 6.07) is 89.0. The second-order valence-corrected chi connectivity index (χ2v) is 17.8. The Kier molecular flexibility index (Phi) is 9.85. The lowest BCUT2D eigenvalue weighted by molar-refractivity contribution is 1.13. The highest BCUT2D eigenvalue weighted by Gasteiger charge is 2.23. The van der Waals surface area contributed by atoms with Crippen molar-refractivity contribution in [3.05, 3.63) is 261 Å². The minimum absolute atomic E-state index is 0.626. The van der Waals surface area contributed by atoms with Gasteiger partial charge in [0.15, 0.2) is 0 Å². The fourth-order valence-electron chi connectivity index (χ4n) is 10.5. The first-order valence-corrected chi connectivity index (χ1v) is 23.7. The molecule has 4 nitrogen and oxygen atoms in total. The summed E-state index contributed by atoms with van der Waals surface area (Å²) < 4.78 is 4.82. The fraction of sp³-hybridized carbons (Fsp3) is 0. The summed E-state index contributed by atoms with van der Waals surface area (Å²) in [4.78, 5) is 4.88. The quantitative estimate of drug-likeness (QED) is 0.153. The van der Waals surface area contributed by atoms with Gasteiger partial charge in [-0.1, -0.05) is 170 Å². The summed E-state index contributed by atoms with van der Waals surface area (Å²) >= 11 is 0. The van der Waals surface area contributed by atoms with Crippen LogP contribution in [-0.2, 0) is 0 Å². The van der Waals surface area contributed by atoms with Crippen LogP contribution in [-0.4, -0.2) is 14.1 Å². The molecule has 0 bridgehead atoms. The molecule has 13 aromatic rings. The van der Waals surface area contributed by atoms with Crippen LogP contribution < -0.4 is 0 Å². The van der Waals surface area contributed by atoms with E-state index in [0.29, 0.717) is 5.56 Å². The Hall–Kier alpha value is -9.56. The van der Waals surface area contributed by atoms with Crippen LogP contribution in [0.1, 0.15) is 5.56 Å². The van der Waals surface area contributed by atoms with Crippen LogP contribution in [0.5, 0.6) is 0 Å². The summed E-state index contributed by atoms with van der Waals surface area (Å²) in [5, 5.41) is 15.1. The van der Waals surface area contributed by atoms with Gasteiger partial charge in [-0.05, 0) is 128 Å². The van der Waals surface area contributed by atoms with E-state index < -0.39 is 0 Å². The molecule has 0 saturated heterocycles. The SMILES string of the molecule is N#Cc1ccccc1-c1ccc(-n2c3ccc(-c4ccccc4)cc3c3cc(-c4ccccc4)ccc32)c(-c2ccncc2-n2c3ccc(-c4ccccc4)cc3c3cc(-c4ccccc4)ccc32)c1. The molecule has 4 heteroatoms. The molecule has 0 aliphatic carbocycles. The van der Waals surface area contributed by atoms with Gasteiger partial charge in [0.25, 0.3) is 0 Å². The zero-order valence-electron chi connectivity index (χ0n) is 38.0. The molecule has 0 amide bonds. The maximum atomic E-state index is 10.4. The van der Waals surface area contributed by atoms with Crippen molar-refractivity contribution in [2.45, 2.75) is 0 Å². The van der Waals surface area contributed by atoms with Crippen LogP contribution in [0.15, 0.2) is 255 Å². The first kappa shape index (κ1) is 40.7. The van der Waals surface area contributed by atoms with E-state index in [2.05, 4.69) is 234 Å². The van der Waals surface area contributed by atoms with E-state index in [9.17, 15) is 5.26 Å². The van der Waals surface area contributed by atoms with Crippen molar-refractivity contribution in [3.8, 4) is 84.2 Å². The maximum Gasteiger partial charge on any atom is 0.0998 e. The van der Waals surface area contributed by atoms with Crippen molar-refractivity contribution in [3.63, 3.8) is 0 Å². The Morgan fingerprint density at radius 1 is 0.300 bits per heavy atom. The summed E-state index contributed by atoms with van der Waals surface area (Å²) in [5.41, 5.74) is 20.1. The summed E-state index contributed by atoms with van der Waals surface area (Å²) in [5.74, 6) is 0. The van der Waals surface area contributed by atoms with Crippen molar-refractivity contribution < 1.29 is 0 Å². The Bertz CT molecular complexity index is 3970. The molecule has 0 atom stereocenters. The highest BCUT2D eigenvalue weighted by molar-refractivity contribution is 6.14. The van der Waals surface area contributed by atoms with Gasteiger partial charge in [-0.15, -0.1) is 0 Å². The van der Waals surface area contributed by atoms with Crippen molar-refractivity contribution in [1.82, 2.24) is 14.1 Å². The monoisotopic (exact) mass is 890 g/mol. The highest BCUT2D eigenvalue weighted by Crippen LogP contribution is 2.44. The lowest BCUT2D eigenvalue weighted by Gasteiger charge is -2.20. The van der Waals surface area contributed by atoms with Gasteiger partial charge in [-0.2, -0.15) is 5.26 Å². The van der Waals surface area contributed by atoms with E-state index >= 15 is 0 Å². The standard InChI is InChI=1S/C66H42N4/c67-42-53-23-13-14-24-54(53)52-29-34-61(69-62-30-25-48(44-15-5-1-6-16-44)37-57(62)58-38-49(26-31-63(58)69)45-17-7-2-8-18-45)56(41-52)55-35-36-68-43-66(55)70-64-32-27-50(46-19-9-3-10-20-46)39-59(64)60-40-51(28-33-65(60)70)47-21-11-4-12-22-47/h1-41,43H. The Morgan fingerprint density at radius 2 is 0.686 bits per heavy atom. The number of nitrogens with zero attached hydrogens (tertiary/aromatic N) is 4. The van der Waals surface area contributed by atoms with Crippen LogP contribution in [0.25, 0.3) is 122 Å². The molecule has 3 heterocycles. The van der Waals surface area contributed by atoms with Crippen LogP contribution in [0.2, 0.25) is 0 Å². The summed E-state index contributed by atoms with van der Waals surface area (Å²) in [6.45, 7) is 0. The van der Waals surface area contributed by atoms with E-state index in [1.54, 1.807) is 0 Å². The molecule has 0 spiro atoms. The zero-order valence-corrected chi connectivity index (χ0v) is 38.0. The average Bonchev–Trinajstić information content (AvgIpc) is 3.95. The van der Waals surface area contributed by atoms with Crippen LogP contribution in [0.4, 0.5) is 0 Å². The van der Waals surface area contributed by atoms with E-state index in [1.165, 1.54) is 33.0 Å². The van der Waals surface area contributed by atoms with Crippen LogP contribution in [0, 0.1) is 11.3 Å². The van der Waals surface area contributed by atoms with Crippen molar-refractivity contribution in [2.75, 3.05) is 0 Å². The number of fused-ring (bicyclic) bond motifs is 6. The van der Waals surface area contributed by atoms with Crippen LogP contribution in [0.3, 0.4) is 0 Å². The molecule has 70 heavy (non-hydrogen) atoms. The van der Waals surface area contributed by atoms with Gasteiger partial charge in [0.05, 0.1) is 51.3 Å². The number of hydrogen-bond acceptors (Lipinski definition) is 2. The smallest absolute Gasteiger partial charge is 0.0998 e. The number of hydrogen-bond donors (Lipinski definition) is 0. The van der Waals surface area contributed by atoms with Gasteiger partial charge in [0.2, 0.25) is 0 Å². The first-order chi connectivity index (χ1) is 34.7. The third kappa shape index (κ3) is 6.88. The molecular formula is C66H42N4. The lowest BCUT2D eigenvalue weighted by atomic mass is 9.94. The summed E-state index contributed by atoms with van der Waals surface area (Å²) in [7, 11) is 0. The predicted molar refractivity (Wildman–Crippen MR) is 290 cm³/mol. The molecule has 326 valence electrons. The highest BCUT2D eigenvalue weighted by atomic mass is 15.0. The molecule has 0 fully saturated rings. The first-order valence-electron chi connectivity index (χ1n) is 23.7. The largest absolute Gasteiger partial charge is 0.309 e. The summed E-state index contributed by atoms with van der Waals surface area (Å²) in [6.07, 6.45) is 3.91. The van der Waals surface area contributed by atoms with Crippen molar-refractivity contribution >= 4 is 43.6 Å². The Morgan fingerprint density at radius 3 is 1.11 bits per heavy atom. The second-order valence-electron chi connectivity index (χ2n) is 17.8. The van der Waals surface area contributed by atoms with Gasteiger partial charge < -0.3 is 9.13 Å². The third-order valence-corrected chi connectivity index (χ3v) is 13.9. The molecule has 3 aromatic heterocycles. The van der Waals surface area contributed by atoms with Gasteiger partial charge in [0, 0.05) is 38.9 Å². The molecule has 13 rings (SSSR count). The fourth-order valence-corrected chi connectivity index (χ4v) is 10.5. The molecule has 0 N–H and O–H groups in total. The Balaban J connectivity index is 1.10. The molecule has 0 radical (unpaired) electrons. The number of benzene rings is 10. The van der Waals surface area contributed by atoms with Crippen molar-refractivity contribution in [2.24, 2.45) is 0 Å². The van der Waals surface area contributed by atoms with Gasteiger partial charge >= 0.3 is 0 Å². The number of rotatable bonds is 8. The molecule has 10 aromatic carbocycles. The molecule has 0 saturated carbocycles. The van der Waals surface area contributed by atoms with Crippen LogP contribution >= 0.6 is 0 Å². The Labute approximate surface area is 405 Å². The zero-order chi connectivity index (χ0) is 46.5. The average molecular weight is 891 g/mol. The lowest BCUT2D eigenvalue weighted by Crippen LogP contribution is -2.02. The number of pyridine rings is 1.